The average molecular weight is 332 g/mol. The second kappa shape index (κ2) is 5.09. The van der Waals surface area contributed by atoms with Crippen molar-refractivity contribution in [3.63, 3.8) is 0 Å². The summed E-state index contributed by atoms with van der Waals surface area (Å²) in [6, 6.07) is 6.21. The quantitative estimate of drug-likeness (QED) is 0.827. The molecule has 0 aliphatic heterocycles. The Bertz CT molecular complexity index is 640. The molecule has 1 heterocycles. The number of sulfonamides is 1. The van der Waals surface area contributed by atoms with Gasteiger partial charge in [-0.15, -0.1) is 0 Å². The van der Waals surface area contributed by atoms with Crippen molar-refractivity contribution >= 4 is 31.6 Å². The van der Waals surface area contributed by atoms with Crippen LogP contribution in [0.25, 0.3) is 0 Å². The number of nitrogens with one attached hydrogen (secondary N) is 1. The van der Waals surface area contributed by atoms with Crippen LogP contribution in [0.1, 0.15) is 5.76 Å². The van der Waals surface area contributed by atoms with Crippen LogP contribution in [0.15, 0.2) is 44.4 Å². The first-order valence-electron chi connectivity index (χ1n) is 4.93. The molecule has 0 amide bonds. The van der Waals surface area contributed by atoms with Crippen LogP contribution in [0.5, 0.6) is 0 Å². The number of anilines is 1. The van der Waals surface area contributed by atoms with Gasteiger partial charge >= 0.3 is 0 Å². The molecule has 2 rings (SSSR count). The molecule has 0 radical (unpaired) electrons. The lowest BCUT2D eigenvalue weighted by atomic mass is 10.3. The number of rotatable bonds is 4. The first-order chi connectivity index (χ1) is 8.49. The summed E-state index contributed by atoms with van der Waals surface area (Å²) in [6.07, 6.45) is 1.44. The Morgan fingerprint density at radius 1 is 1.39 bits per heavy atom. The van der Waals surface area contributed by atoms with Crippen molar-refractivity contribution in [1.82, 2.24) is 9.88 Å². The van der Waals surface area contributed by atoms with Gasteiger partial charge in [-0.3, -0.25) is 0 Å². The van der Waals surface area contributed by atoms with E-state index < -0.39 is 10.0 Å². The van der Waals surface area contributed by atoms with Gasteiger partial charge in [-0.1, -0.05) is 21.1 Å². The van der Waals surface area contributed by atoms with Crippen molar-refractivity contribution in [2.45, 2.75) is 11.4 Å². The van der Waals surface area contributed by atoms with Crippen LogP contribution in [-0.4, -0.2) is 13.6 Å². The molecule has 2 aromatic rings. The lowest BCUT2D eigenvalue weighted by Crippen LogP contribution is -2.24. The normalized spacial score (nSPS) is 11.6. The predicted octanol–water partition coefficient (Wildman–Crippen LogP) is 1.50. The lowest BCUT2D eigenvalue weighted by Gasteiger charge is -2.08. The molecule has 0 atom stereocenters. The molecule has 0 aliphatic rings. The standard InChI is InChI=1S/C10H10BrN3O3S/c11-7-1-2-9(12)10(5-7)18(15,16)14-6-8-3-4-13-17-8/h1-5,14H,6,12H2. The van der Waals surface area contributed by atoms with E-state index in [2.05, 4.69) is 25.8 Å². The van der Waals surface area contributed by atoms with Gasteiger partial charge in [-0.25, -0.2) is 13.1 Å². The largest absolute Gasteiger partial charge is 0.398 e. The fraction of sp³-hybridized carbons (Fsp3) is 0.100. The maximum atomic E-state index is 12.0. The van der Waals surface area contributed by atoms with Crippen LogP contribution in [0.3, 0.4) is 0 Å². The minimum Gasteiger partial charge on any atom is -0.398 e. The molecule has 0 spiro atoms. The highest BCUT2D eigenvalue weighted by Crippen LogP contribution is 2.22. The van der Waals surface area contributed by atoms with E-state index in [0.717, 1.165) is 0 Å². The Balaban J connectivity index is 2.22. The van der Waals surface area contributed by atoms with Crippen molar-refractivity contribution in [2.24, 2.45) is 0 Å². The summed E-state index contributed by atoms with van der Waals surface area (Å²) >= 11 is 3.20. The Morgan fingerprint density at radius 3 is 2.83 bits per heavy atom. The van der Waals surface area contributed by atoms with E-state index in [1.807, 2.05) is 0 Å². The number of nitrogens with two attached hydrogens (primary N) is 1. The van der Waals surface area contributed by atoms with Gasteiger partial charge in [0.25, 0.3) is 0 Å². The summed E-state index contributed by atoms with van der Waals surface area (Å²) in [5.41, 5.74) is 5.83. The van der Waals surface area contributed by atoms with Crippen LogP contribution in [0, 0.1) is 0 Å². The van der Waals surface area contributed by atoms with Gasteiger partial charge in [0.15, 0.2) is 5.76 Å². The number of hydrogen-bond donors (Lipinski definition) is 2. The number of nitrogens with zero attached hydrogens (tertiary/aromatic N) is 1. The minimum absolute atomic E-state index is 0.0221. The zero-order valence-electron chi connectivity index (χ0n) is 9.13. The Morgan fingerprint density at radius 2 is 2.17 bits per heavy atom. The zero-order valence-corrected chi connectivity index (χ0v) is 11.5. The zero-order chi connectivity index (χ0) is 13.2. The van der Waals surface area contributed by atoms with Crippen molar-refractivity contribution in [3.8, 4) is 0 Å². The molecule has 8 heteroatoms. The first kappa shape index (κ1) is 13.1. The Hall–Kier alpha value is -1.38. The second-order valence-corrected chi connectivity index (χ2v) is 6.14. The molecule has 1 aromatic heterocycles. The van der Waals surface area contributed by atoms with Gasteiger partial charge in [0, 0.05) is 10.5 Å². The van der Waals surface area contributed by atoms with Crippen molar-refractivity contribution < 1.29 is 12.9 Å². The third kappa shape index (κ3) is 2.89. The SMILES string of the molecule is Nc1ccc(Br)cc1S(=O)(=O)NCc1ccno1. The molecular formula is C10H10BrN3O3S. The monoisotopic (exact) mass is 331 g/mol. The van der Waals surface area contributed by atoms with E-state index in [-0.39, 0.29) is 17.1 Å². The molecule has 96 valence electrons. The maximum absolute atomic E-state index is 12.0. The van der Waals surface area contributed by atoms with Crippen molar-refractivity contribution in [2.75, 3.05) is 5.73 Å². The van der Waals surface area contributed by atoms with Crippen LogP contribution < -0.4 is 10.5 Å². The third-order valence-corrected chi connectivity index (χ3v) is 4.14. The van der Waals surface area contributed by atoms with Gasteiger partial charge in [-0.2, -0.15) is 0 Å². The molecule has 18 heavy (non-hydrogen) atoms. The minimum atomic E-state index is -3.68. The van der Waals surface area contributed by atoms with Crippen LogP contribution in [0.2, 0.25) is 0 Å². The molecule has 3 N–H and O–H groups in total. The fourth-order valence-electron chi connectivity index (χ4n) is 1.32. The van der Waals surface area contributed by atoms with Gasteiger partial charge in [0.1, 0.15) is 4.90 Å². The van der Waals surface area contributed by atoms with Crippen molar-refractivity contribution in [1.29, 1.82) is 0 Å². The number of aromatic nitrogens is 1. The highest BCUT2D eigenvalue weighted by atomic mass is 79.9. The Labute approximate surface area is 112 Å². The van der Waals surface area contributed by atoms with E-state index >= 15 is 0 Å². The summed E-state index contributed by atoms with van der Waals surface area (Å²) in [6.45, 7) is 0.0221. The van der Waals surface area contributed by atoms with Gasteiger partial charge in [-0.05, 0) is 18.2 Å². The van der Waals surface area contributed by atoms with Gasteiger partial charge in [0.2, 0.25) is 10.0 Å². The number of benzene rings is 1. The Kier molecular flexibility index (Phi) is 3.69. The smallest absolute Gasteiger partial charge is 0.243 e. The van der Waals surface area contributed by atoms with Crippen LogP contribution in [-0.2, 0) is 16.6 Å². The number of halogens is 1. The molecule has 6 nitrogen and oxygen atoms in total. The third-order valence-electron chi connectivity index (χ3n) is 2.19. The lowest BCUT2D eigenvalue weighted by molar-refractivity contribution is 0.380. The summed E-state index contributed by atoms with van der Waals surface area (Å²) < 4.78 is 31.9. The molecule has 0 fully saturated rings. The number of hydrogen-bond acceptors (Lipinski definition) is 5. The number of nitrogen functional groups attached to an aromatic ring is 1. The predicted molar refractivity (Wildman–Crippen MR) is 69.1 cm³/mol. The highest BCUT2D eigenvalue weighted by Gasteiger charge is 2.18. The van der Waals surface area contributed by atoms with Gasteiger partial charge in [0.05, 0.1) is 18.4 Å². The van der Waals surface area contributed by atoms with E-state index in [0.29, 0.717) is 10.2 Å². The summed E-state index contributed by atoms with van der Waals surface area (Å²) in [4.78, 5) is 0.0244. The maximum Gasteiger partial charge on any atom is 0.243 e. The topological polar surface area (TPSA) is 98.2 Å². The molecule has 0 saturated heterocycles. The average Bonchev–Trinajstić information content (AvgIpc) is 2.83. The molecule has 0 saturated carbocycles. The van der Waals surface area contributed by atoms with E-state index in [1.165, 1.54) is 18.3 Å². The van der Waals surface area contributed by atoms with Gasteiger partial charge < -0.3 is 10.3 Å². The summed E-state index contributed by atoms with van der Waals surface area (Å²) in [5.74, 6) is 0.423. The summed E-state index contributed by atoms with van der Waals surface area (Å²) in [5, 5.41) is 3.49. The highest BCUT2D eigenvalue weighted by molar-refractivity contribution is 9.10. The molecule has 0 aliphatic carbocycles. The van der Waals surface area contributed by atoms with E-state index in [4.69, 9.17) is 10.3 Å². The summed E-state index contributed by atoms with van der Waals surface area (Å²) in [7, 11) is -3.68. The van der Waals surface area contributed by atoms with Crippen LogP contribution in [0.4, 0.5) is 5.69 Å². The fourth-order valence-corrected chi connectivity index (χ4v) is 2.98. The van der Waals surface area contributed by atoms with E-state index in [9.17, 15) is 8.42 Å². The van der Waals surface area contributed by atoms with E-state index in [1.54, 1.807) is 12.1 Å². The molecular weight excluding hydrogens is 322 g/mol. The first-order valence-corrected chi connectivity index (χ1v) is 7.21. The molecule has 0 bridgehead atoms. The van der Waals surface area contributed by atoms with Crippen molar-refractivity contribution in [3.05, 3.63) is 40.7 Å². The molecule has 1 aromatic carbocycles. The van der Waals surface area contributed by atoms with Crippen LogP contribution >= 0.6 is 15.9 Å². The molecule has 0 unspecified atom stereocenters. The second-order valence-electron chi connectivity index (χ2n) is 3.49.